The molecule has 2 rings (SSSR count). The molecule has 1 unspecified atom stereocenters. The molecule has 0 aromatic heterocycles. The Bertz CT molecular complexity index is 742. The Labute approximate surface area is 152 Å². The van der Waals surface area contributed by atoms with Gasteiger partial charge in [0, 0.05) is 17.8 Å². The summed E-state index contributed by atoms with van der Waals surface area (Å²) in [7, 11) is 1.56. The lowest BCUT2D eigenvalue weighted by molar-refractivity contribution is -0.141. The van der Waals surface area contributed by atoms with Crippen molar-refractivity contribution < 1.29 is 24.2 Å². The van der Waals surface area contributed by atoms with E-state index in [1.807, 2.05) is 12.1 Å². The third-order valence-corrected chi connectivity index (χ3v) is 3.99. The molecule has 0 aliphatic rings. The van der Waals surface area contributed by atoms with Crippen molar-refractivity contribution in [2.75, 3.05) is 25.6 Å². The fourth-order valence-electron chi connectivity index (χ4n) is 2.43. The number of carboxylic acid groups (broad SMARTS) is 1. The predicted octanol–water partition coefficient (Wildman–Crippen LogP) is 3.48. The molecule has 0 bridgehead atoms. The highest BCUT2D eigenvalue weighted by Gasteiger charge is 2.18. The van der Waals surface area contributed by atoms with E-state index in [1.54, 1.807) is 43.5 Å². The van der Waals surface area contributed by atoms with Crippen molar-refractivity contribution in [1.82, 2.24) is 0 Å². The number of rotatable bonds is 10. The Balaban J connectivity index is 1.86. The van der Waals surface area contributed by atoms with Crippen molar-refractivity contribution in [2.45, 2.75) is 13.3 Å². The maximum atomic E-state index is 11.5. The first-order valence-electron chi connectivity index (χ1n) is 8.34. The highest BCUT2D eigenvalue weighted by molar-refractivity contribution is 5.94. The Morgan fingerprint density at radius 1 is 1.08 bits per heavy atom. The second kappa shape index (κ2) is 9.46. The van der Waals surface area contributed by atoms with E-state index >= 15 is 0 Å². The van der Waals surface area contributed by atoms with Crippen molar-refractivity contribution in [3.63, 3.8) is 0 Å². The number of benzene rings is 2. The molecule has 6 heteroatoms. The zero-order chi connectivity index (χ0) is 18.9. The number of ether oxygens (including phenoxy) is 2. The van der Waals surface area contributed by atoms with Crippen molar-refractivity contribution in [3.8, 4) is 11.5 Å². The molecule has 1 atom stereocenters. The fraction of sp³-hybridized carbons (Fsp3) is 0.300. The first-order chi connectivity index (χ1) is 12.5. The van der Waals surface area contributed by atoms with Crippen molar-refractivity contribution >= 4 is 17.4 Å². The minimum atomic E-state index is -0.888. The van der Waals surface area contributed by atoms with Crippen LogP contribution in [0, 0.1) is 5.92 Å². The zero-order valence-electron chi connectivity index (χ0n) is 14.9. The highest BCUT2D eigenvalue weighted by Crippen LogP contribution is 2.26. The molecule has 0 amide bonds. The number of anilines is 1. The number of Topliss-reactive ketones (excluding diaryl/α,β-unsaturated/α-hetero) is 1. The number of para-hydroxylation sites is 2. The van der Waals surface area contributed by atoms with Gasteiger partial charge >= 0.3 is 5.97 Å². The fourth-order valence-corrected chi connectivity index (χ4v) is 2.43. The van der Waals surface area contributed by atoms with Gasteiger partial charge in [0.2, 0.25) is 0 Å². The van der Waals surface area contributed by atoms with E-state index in [0.717, 1.165) is 5.69 Å². The second-order valence-electron chi connectivity index (χ2n) is 5.84. The molecule has 0 heterocycles. The molecule has 0 saturated heterocycles. The van der Waals surface area contributed by atoms with Crippen molar-refractivity contribution in [2.24, 2.45) is 5.92 Å². The van der Waals surface area contributed by atoms with Crippen molar-refractivity contribution in [1.29, 1.82) is 0 Å². The van der Waals surface area contributed by atoms with E-state index in [-0.39, 0.29) is 18.9 Å². The number of ketones is 1. The average Bonchev–Trinajstić information content (AvgIpc) is 2.64. The molecule has 26 heavy (non-hydrogen) atoms. The average molecular weight is 357 g/mol. The van der Waals surface area contributed by atoms with Crippen LogP contribution in [0.25, 0.3) is 0 Å². The molecule has 0 fully saturated rings. The van der Waals surface area contributed by atoms with Crippen LogP contribution >= 0.6 is 0 Å². The van der Waals surface area contributed by atoms with E-state index in [4.69, 9.17) is 9.47 Å². The van der Waals surface area contributed by atoms with Crippen LogP contribution in [0.5, 0.6) is 11.5 Å². The number of carboxylic acids is 1. The molecule has 138 valence electrons. The standard InChI is InChI=1S/C20H23NO5/c1-14(22)15-7-9-17(10-8-15)21-13-16(20(23)24)11-12-26-19-6-4-3-5-18(19)25-2/h3-10,16,21H,11-13H2,1-2H3,(H,23,24). The van der Waals surface area contributed by atoms with Gasteiger partial charge in [0.05, 0.1) is 19.6 Å². The van der Waals surface area contributed by atoms with Gasteiger partial charge in [0.1, 0.15) is 0 Å². The molecule has 0 saturated carbocycles. The summed E-state index contributed by atoms with van der Waals surface area (Å²) in [4.78, 5) is 22.7. The quantitative estimate of drug-likeness (QED) is 0.633. The third kappa shape index (κ3) is 5.51. The number of hydrogen-bond acceptors (Lipinski definition) is 5. The summed E-state index contributed by atoms with van der Waals surface area (Å²) >= 11 is 0. The zero-order valence-corrected chi connectivity index (χ0v) is 14.9. The molecule has 6 nitrogen and oxygen atoms in total. The van der Waals surface area contributed by atoms with E-state index in [2.05, 4.69) is 5.32 Å². The van der Waals surface area contributed by atoms with Crippen LogP contribution in [0.4, 0.5) is 5.69 Å². The molecular formula is C20H23NO5. The van der Waals surface area contributed by atoms with E-state index < -0.39 is 11.9 Å². The number of aliphatic carboxylic acids is 1. The van der Waals surface area contributed by atoms with Gasteiger partial charge in [-0.05, 0) is 49.7 Å². The lowest BCUT2D eigenvalue weighted by Gasteiger charge is -2.16. The Kier molecular flexibility index (Phi) is 7.02. The lowest BCUT2D eigenvalue weighted by Crippen LogP contribution is -2.25. The molecule has 0 radical (unpaired) electrons. The van der Waals surface area contributed by atoms with Crippen LogP contribution in [-0.2, 0) is 4.79 Å². The predicted molar refractivity (Wildman–Crippen MR) is 99.2 cm³/mol. The van der Waals surface area contributed by atoms with Gasteiger partial charge < -0.3 is 19.9 Å². The van der Waals surface area contributed by atoms with Crippen LogP contribution in [0.1, 0.15) is 23.7 Å². The number of hydrogen-bond donors (Lipinski definition) is 2. The SMILES string of the molecule is COc1ccccc1OCCC(CNc1ccc(C(C)=O)cc1)C(=O)O. The largest absolute Gasteiger partial charge is 0.493 e. The monoisotopic (exact) mass is 357 g/mol. The molecule has 0 aliphatic heterocycles. The summed E-state index contributed by atoms with van der Waals surface area (Å²) in [6.07, 6.45) is 0.353. The molecule has 2 N–H and O–H groups in total. The summed E-state index contributed by atoms with van der Waals surface area (Å²) in [6, 6.07) is 14.2. The summed E-state index contributed by atoms with van der Waals surface area (Å²) in [5, 5.41) is 12.5. The van der Waals surface area contributed by atoms with Gasteiger partial charge in [-0.3, -0.25) is 9.59 Å². The first kappa shape index (κ1) is 19.3. The van der Waals surface area contributed by atoms with Gasteiger partial charge in [-0.25, -0.2) is 0 Å². The van der Waals surface area contributed by atoms with Gasteiger partial charge in [0.25, 0.3) is 0 Å². The molecular weight excluding hydrogens is 334 g/mol. The molecule has 0 spiro atoms. The van der Waals surface area contributed by atoms with E-state index in [1.165, 1.54) is 6.92 Å². The number of carbonyl (C=O) groups is 2. The Morgan fingerprint density at radius 2 is 1.73 bits per heavy atom. The van der Waals surface area contributed by atoms with Gasteiger partial charge in [-0.1, -0.05) is 12.1 Å². The molecule has 0 aliphatic carbocycles. The van der Waals surface area contributed by atoms with Crippen LogP contribution < -0.4 is 14.8 Å². The van der Waals surface area contributed by atoms with Gasteiger partial charge in [-0.15, -0.1) is 0 Å². The number of methoxy groups -OCH3 is 1. The number of nitrogens with one attached hydrogen (secondary N) is 1. The van der Waals surface area contributed by atoms with Crippen LogP contribution in [0.15, 0.2) is 48.5 Å². The maximum Gasteiger partial charge on any atom is 0.308 e. The van der Waals surface area contributed by atoms with E-state index in [0.29, 0.717) is 23.5 Å². The highest BCUT2D eigenvalue weighted by atomic mass is 16.5. The van der Waals surface area contributed by atoms with Gasteiger partial charge in [-0.2, -0.15) is 0 Å². The minimum Gasteiger partial charge on any atom is -0.493 e. The summed E-state index contributed by atoms with van der Waals surface area (Å²) in [6.45, 7) is 2.04. The smallest absolute Gasteiger partial charge is 0.308 e. The third-order valence-electron chi connectivity index (χ3n) is 3.99. The van der Waals surface area contributed by atoms with Crippen LogP contribution in [-0.4, -0.2) is 37.1 Å². The molecule has 2 aromatic rings. The van der Waals surface area contributed by atoms with Crippen molar-refractivity contribution in [3.05, 3.63) is 54.1 Å². The second-order valence-corrected chi connectivity index (χ2v) is 5.84. The number of carbonyl (C=O) groups excluding carboxylic acids is 1. The van der Waals surface area contributed by atoms with Gasteiger partial charge in [0.15, 0.2) is 17.3 Å². The van der Waals surface area contributed by atoms with E-state index in [9.17, 15) is 14.7 Å². The summed E-state index contributed by atoms with van der Waals surface area (Å²) in [5.41, 5.74) is 1.39. The summed E-state index contributed by atoms with van der Waals surface area (Å²) in [5.74, 6) is -0.290. The lowest BCUT2D eigenvalue weighted by atomic mass is 10.1. The normalized spacial score (nSPS) is 11.5. The topological polar surface area (TPSA) is 84.9 Å². The van der Waals surface area contributed by atoms with Crippen LogP contribution in [0.2, 0.25) is 0 Å². The maximum absolute atomic E-state index is 11.5. The van der Waals surface area contributed by atoms with Crippen LogP contribution in [0.3, 0.4) is 0 Å². The minimum absolute atomic E-state index is 0.00606. The first-order valence-corrected chi connectivity index (χ1v) is 8.34. The summed E-state index contributed by atoms with van der Waals surface area (Å²) < 4.78 is 10.9. The Morgan fingerprint density at radius 3 is 2.31 bits per heavy atom. The molecule has 2 aromatic carbocycles. The Hall–Kier alpha value is -3.02.